The highest BCUT2D eigenvalue weighted by Crippen LogP contribution is 2.36. The van der Waals surface area contributed by atoms with Crippen molar-refractivity contribution in [1.82, 2.24) is 9.55 Å². The Morgan fingerprint density at radius 3 is 2.42 bits per heavy atom. The van der Waals surface area contributed by atoms with Crippen molar-refractivity contribution in [1.29, 1.82) is 0 Å². The molecule has 1 fully saturated rings. The Morgan fingerprint density at radius 1 is 1.31 bits per heavy atom. The van der Waals surface area contributed by atoms with Crippen LogP contribution in [0.2, 0.25) is 18.1 Å². The Hall–Kier alpha value is -1.70. The number of H-pyrrole nitrogens is 1. The fourth-order valence-electron chi connectivity index (χ4n) is 3.18. The van der Waals surface area contributed by atoms with Gasteiger partial charge in [0.15, 0.2) is 11.8 Å². The third kappa shape index (κ3) is 3.56. The number of hydrogen-bond acceptors (Lipinski definition) is 6. The van der Waals surface area contributed by atoms with Crippen LogP contribution >= 0.6 is 0 Å². The van der Waals surface area contributed by atoms with E-state index in [0.717, 1.165) is 28.8 Å². The van der Waals surface area contributed by atoms with E-state index in [2.05, 4.69) is 37.2 Å². The van der Waals surface area contributed by atoms with Crippen LogP contribution in [0.3, 0.4) is 0 Å². The molecule has 0 spiro atoms. The summed E-state index contributed by atoms with van der Waals surface area (Å²) >= 11 is 0. The van der Waals surface area contributed by atoms with Crippen molar-refractivity contribution >= 4 is 8.07 Å². The molecule has 1 aromatic heterocycles. The normalized spacial score (nSPS) is 28.6. The molecule has 1 saturated heterocycles. The van der Waals surface area contributed by atoms with Crippen molar-refractivity contribution in [2.75, 3.05) is 6.61 Å². The van der Waals surface area contributed by atoms with Crippen molar-refractivity contribution in [3.63, 3.8) is 0 Å². The minimum Gasteiger partial charge on any atom is -0.394 e. The van der Waals surface area contributed by atoms with E-state index in [0.29, 0.717) is 0 Å². The van der Waals surface area contributed by atoms with Gasteiger partial charge in [-0.1, -0.05) is 26.7 Å². The van der Waals surface area contributed by atoms with E-state index in [1.54, 1.807) is 0 Å². The van der Waals surface area contributed by atoms with E-state index < -0.39 is 50.0 Å². The molecule has 2 rings (SSSR count). The molecule has 0 aliphatic carbocycles. The Balaban J connectivity index is 2.46. The summed E-state index contributed by atoms with van der Waals surface area (Å²) in [7, 11) is -1.91. The zero-order chi connectivity index (χ0) is 19.5. The predicted molar refractivity (Wildman–Crippen MR) is 98.2 cm³/mol. The minimum absolute atomic E-state index is 0.574. The highest BCUT2D eigenvalue weighted by Gasteiger charge is 2.55. The van der Waals surface area contributed by atoms with E-state index in [4.69, 9.17) is 4.74 Å². The molecule has 1 aromatic rings. The molecule has 4 atom stereocenters. The van der Waals surface area contributed by atoms with Crippen LogP contribution in [0.5, 0.6) is 0 Å². The van der Waals surface area contributed by atoms with Gasteiger partial charge in [-0.3, -0.25) is 14.3 Å². The molecule has 1 aliphatic heterocycles. The molecular weight excluding hydrogens is 356 g/mol. The number of nitrogens with zero attached hydrogens (tertiary/aromatic N) is 1. The maximum atomic E-state index is 12.0. The molecule has 0 unspecified atom stereocenters. The summed E-state index contributed by atoms with van der Waals surface area (Å²) in [5.74, 6) is 2.78. The number of nitrogens with one attached hydrogen (secondary N) is 1. The maximum Gasteiger partial charge on any atom is 0.330 e. The number of rotatable bonds is 5. The Labute approximate surface area is 152 Å². The number of aromatic nitrogens is 2. The molecule has 144 valence electrons. The van der Waals surface area contributed by atoms with Gasteiger partial charge in [0.1, 0.15) is 20.3 Å². The molecule has 26 heavy (non-hydrogen) atoms. The van der Waals surface area contributed by atoms with Crippen molar-refractivity contribution < 1.29 is 20.1 Å². The summed E-state index contributed by atoms with van der Waals surface area (Å²) in [6.45, 7) is 5.61. The number of aromatic amines is 1. The van der Waals surface area contributed by atoms with Crippen LogP contribution < -0.4 is 11.2 Å². The summed E-state index contributed by atoms with van der Waals surface area (Å²) in [6.07, 6.45) is -2.83. The fourth-order valence-corrected chi connectivity index (χ4v) is 5.68. The molecule has 2 heterocycles. The van der Waals surface area contributed by atoms with Gasteiger partial charge in [-0.25, -0.2) is 4.79 Å². The molecule has 4 N–H and O–H groups in total. The zero-order valence-electron chi connectivity index (χ0n) is 15.2. The first-order valence-corrected chi connectivity index (χ1v) is 11.4. The summed E-state index contributed by atoms with van der Waals surface area (Å²) in [6, 6.07) is 3.84. The third-order valence-corrected chi connectivity index (χ3v) is 10.1. The van der Waals surface area contributed by atoms with Gasteiger partial charge in [-0.2, -0.15) is 0 Å². The fraction of sp³-hybridized carbons (Fsp3) is 0.647. The summed E-state index contributed by atoms with van der Waals surface area (Å²) < 4.78 is 6.49. The van der Waals surface area contributed by atoms with E-state index in [1.807, 2.05) is 0 Å². The smallest absolute Gasteiger partial charge is 0.330 e. The lowest BCUT2D eigenvalue weighted by Crippen LogP contribution is -2.49. The second kappa shape index (κ2) is 7.90. The van der Waals surface area contributed by atoms with Crippen LogP contribution in [-0.4, -0.2) is 57.4 Å². The van der Waals surface area contributed by atoms with Gasteiger partial charge in [0.2, 0.25) is 0 Å². The molecule has 0 amide bonds. The SMILES string of the molecule is CC[Si](C#C[C@@]1(O)[C@@H](CO)O[C@@H](n2ccc(=O)[nH]c2=O)[C@@H]1O)(CC)CC. The topological polar surface area (TPSA) is 125 Å². The van der Waals surface area contributed by atoms with E-state index in [1.165, 1.54) is 6.20 Å². The lowest BCUT2D eigenvalue weighted by atomic mass is 9.93. The molecule has 8 nitrogen and oxygen atoms in total. The highest BCUT2D eigenvalue weighted by atomic mass is 28.3. The largest absolute Gasteiger partial charge is 0.394 e. The number of hydrogen-bond donors (Lipinski definition) is 4. The van der Waals surface area contributed by atoms with Crippen molar-refractivity contribution in [3.05, 3.63) is 33.1 Å². The highest BCUT2D eigenvalue weighted by molar-refractivity contribution is 6.87. The second-order valence-electron chi connectivity index (χ2n) is 6.58. The summed E-state index contributed by atoms with van der Waals surface area (Å²) in [4.78, 5) is 25.3. The first-order valence-electron chi connectivity index (χ1n) is 8.79. The van der Waals surface area contributed by atoms with Gasteiger partial charge < -0.3 is 20.1 Å². The standard InChI is InChI=1S/C17H26N2O6Si/c1-4-26(5-2,6-3)10-8-17(24)12(11-20)25-15(14(17)22)19-9-7-13(21)18-16(19)23/h7,9,12,14-15,20,22,24H,4-6,11H2,1-3H3,(H,18,21,23)/t12-,14+,15-,17-/m1/s1. The minimum atomic E-state index is -2.01. The van der Waals surface area contributed by atoms with E-state index in [-0.39, 0.29) is 0 Å². The van der Waals surface area contributed by atoms with Crippen LogP contribution in [0.4, 0.5) is 0 Å². The van der Waals surface area contributed by atoms with Gasteiger partial charge in [0.05, 0.1) is 6.61 Å². The quantitative estimate of drug-likeness (QED) is 0.405. The van der Waals surface area contributed by atoms with Gasteiger partial charge in [0, 0.05) is 12.3 Å². The maximum absolute atomic E-state index is 12.0. The number of aliphatic hydroxyl groups is 3. The average molecular weight is 382 g/mol. The second-order valence-corrected chi connectivity index (χ2v) is 11.5. The van der Waals surface area contributed by atoms with Gasteiger partial charge in [-0.05, 0) is 18.1 Å². The van der Waals surface area contributed by atoms with Gasteiger partial charge in [-0.15, -0.1) is 5.54 Å². The zero-order valence-corrected chi connectivity index (χ0v) is 16.2. The van der Waals surface area contributed by atoms with Gasteiger partial charge >= 0.3 is 5.69 Å². The molecule has 1 aliphatic rings. The van der Waals surface area contributed by atoms with Crippen LogP contribution in [0.25, 0.3) is 0 Å². The van der Waals surface area contributed by atoms with Crippen molar-refractivity contribution in [2.45, 2.75) is 62.9 Å². The van der Waals surface area contributed by atoms with Crippen LogP contribution in [-0.2, 0) is 4.74 Å². The Kier molecular flexibility index (Phi) is 6.26. The van der Waals surface area contributed by atoms with Crippen molar-refractivity contribution in [2.24, 2.45) is 0 Å². The first-order chi connectivity index (χ1) is 12.3. The van der Waals surface area contributed by atoms with Gasteiger partial charge in [0.25, 0.3) is 5.56 Å². The summed E-state index contributed by atoms with van der Waals surface area (Å²) in [5, 5.41) is 31.2. The van der Waals surface area contributed by atoms with E-state index in [9.17, 15) is 24.9 Å². The first kappa shape index (κ1) is 20.6. The van der Waals surface area contributed by atoms with Crippen LogP contribution in [0.15, 0.2) is 21.9 Å². The Bertz CT molecular complexity index is 797. The Morgan fingerprint density at radius 2 is 1.92 bits per heavy atom. The molecular formula is C17H26N2O6Si. The van der Waals surface area contributed by atoms with Crippen molar-refractivity contribution in [3.8, 4) is 11.5 Å². The van der Waals surface area contributed by atoms with Crippen LogP contribution in [0, 0.1) is 11.5 Å². The molecule has 0 aromatic carbocycles. The lowest BCUT2D eigenvalue weighted by molar-refractivity contribution is -0.0624. The number of ether oxygens (including phenoxy) is 1. The molecule has 0 radical (unpaired) electrons. The predicted octanol–water partition coefficient (Wildman–Crippen LogP) is -0.431. The lowest BCUT2D eigenvalue weighted by Gasteiger charge is -2.26. The molecule has 0 bridgehead atoms. The average Bonchev–Trinajstić information content (AvgIpc) is 2.88. The monoisotopic (exact) mass is 382 g/mol. The molecule has 9 heteroatoms. The summed E-state index contributed by atoms with van der Waals surface area (Å²) in [5.41, 5.74) is -0.178. The van der Waals surface area contributed by atoms with Crippen LogP contribution in [0.1, 0.15) is 27.0 Å². The molecule has 0 saturated carbocycles. The number of aliphatic hydroxyl groups excluding tert-OH is 2. The third-order valence-electron chi connectivity index (χ3n) is 5.36. The van der Waals surface area contributed by atoms with E-state index >= 15 is 0 Å².